The number of hydrogen-bond acceptors (Lipinski definition) is 8. The van der Waals surface area contributed by atoms with Crippen LogP contribution < -0.4 is 4.74 Å². The number of methoxy groups -OCH3 is 2. The van der Waals surface area contributed by atoms with Crippen LogP contribution in [0.5, 0.6) is 5.75 Å². The van der Waals surface area contributed by atoms with E-state index < -0.39 is 39.7 Å². The standard InChI is InChI=1S/C23H30F3NO7S2/c1-4-5-6-7-18-12-19(34-36(29,30)23(24,25)26)13-22(32-3,33-18)20-15-35-21(28)27(20)14-16-8-10-17(31-2)11-9-16/h4,8-11,18-20H,1,5-7,12-15H2,2-3H3/t18-,19+,20+,22-/m1/s1. The molecule has 2 saturated heterocycles. The molecule has 0 bridgehead atoms. The number of allylic oxidation sites excluding steroid dienone is 1. The molecule has 0 aromatic heterocycles. The Bertz CT molecular complexity index is 1020. The minimum atomic E-state index is -5.83. The summed E-state index contributed by atoms with van der Waals surface area (Å²) in [5.41, 5.74) is -4.76. The summed E-state index contributed by atoms with van der Waals surface area (Å²) in [5.74, 6) is -0.662. The van der Waals surface area contributed by atoms with Gasteiger partial charge in [-0.1, -0.05) is 30.0 Å². The number of alkyl halides is 3. The van der Waals surface area contributed by atoms with Gasteiger partial charge >= 0.3 is 15.6 Å². The molecule has 4 atom stereocenters. The van der Waals surface area contributed by atoms with E-state index >= 15 is 0 Å². The van der Waals surface area contributed by atoms with E-state index in [1.807, 2.05) is 0 Å². The molecule has 0 N–H and O–H groups in total. The Morgan fingerprint density at radius 2 is 1.97 bits per heavy atom. The second kappa shape index (κ2) is 11.7. The van der Waals surface area contributed by atoms with Gasteiger partial charge in [0.05, 0.1) is 25.4 Å². The van der Waals surface area contributed by atoms with Crippen LogP contribution in [0.2, 0.25) is 0 Å². The van der Waals surface area contributed by atoms with Crippen molar-refractivity contribution in [2.75, 3.05) is 20.0 Å². The van der Waals surface area contributed by atoms with Crippen LogP contribution in [0.25, 0.3) is 0 Å². The zero-order valence-electron chi connectivity index (χ0n) is 20.0. The number of halogens is 3. The fourth-order valence-electron chi connectivity index (χ4n) is 4.45. The average molecular weight is 554 g/mol. The van der Waals surface area contributed by atoms with Crippen LogP contribution in [0, 0.1) is 0 Å². The minimum absolute atomic E-state index is 0.0656. The molecular weight excluding hydrogens is 523 g/mol. The Hall–Kier alpha value is -1.80. The number of carbonyl (C=O) groups excluding carboxylic acids is 1. The largest absolute Gasteiger partial charge is 0.523 e. The third-order valence-corrected chi connectivity index (χ3v) is 8.28. The Morgan fingerprint density at radius 1 is 1.28 bits per heavy atom. The van der Waals surface area contributed by atoms with E-state index in [1.165, 1.54) is 19.1 Å². The molecule has 2 aliphatic heterocycles. The fourth-order valence-corrected chi connectivity index (χ4v) is 6.15. The van der Waals surface area contributed by atoms with Gasteiger partial charge in [0.25, 0.3) is 5.24 Å². The third kappa shape index (κ3) is 6.55. The van der Waals surface area contributed by atoms with E-state index in [0.29, 0.717) is 25.0 Å². The first-order valence-corrected chi connectivity index (χ1v) is 13.7. The van der Waals surface area contributed by atoms with Gasteiger partial charge in [0, 0.05) is 32.2 Å². The second-order valence-electron chi connectivity index (χ2n) is 8.60. The first-order chi connectivity index (χ1) is 16.9. The van der Waals surface area contributed by atoms with Crippen molar-refractivity contribution in [3.05, 3.63) is 42.5 Å². The third-order valence-electron chi connectivity index (χ3n) is 6.23. The molecule has 0 unspecified atom stereocenters. The molecule has 1 amide bonds. The molecule has 3 rings (SSSR count). The van der Waals surface area contributed by atoms with Crippen molar-refractivity contribution in [2.24, 2.45) is 0 Å². The van der Waals surface area contributed by atoms with E-state index in [-0.39, 0.29) is 30.4 Å². The molecule has 36 heavy (non-hydrogen) atoms. The van der Waals surface area contributed by atoms with Crippen LogP contribution in [0.1, 0.15) is 37.7 Å². The molecule has 2 heterocycles. The van der Waals surface area contributed by atoms with E-state index in [1.54, 1.807) is 30.3 Å². The number of ether oxygens (including phenoxy) is 3. The molecule has 13 heteroatoms. The van der Waals surface area contributed by atoms with Crippen LogP contribution in [0.15, 0.2) is 36.9 Å². The van der Waals surface area contributed by atoms with Crippen molar-refractivity contribution < 1.29 is 44.8 Å². The summed E-state index contributed by atoms with van der Waals surface area (Å²) in [7, 11) is -2.96. The summed E-state index contributed by atoms with van der Waals surface area (Å²) < 4.78 is 84.7. The van der Waals surface area contributed by atoms with Gasteiger partial charge in [-0.15, -0.1) is 6.58 Å². The summed E-state index contributed by atoms with van der Waals surface area (Å²) in [6.45, 7) is 3.86. The predicted molar refractivity (Wildman–Crippen MR) is 128 cm³/mol. The van der Waals surface area contributed by atoms with Gasteiger partial charge in [0.1, 0.15) is 5.75 Å². The maximum atomic E-state index is 13.1. The number of thioether (sulfide) groups is 1. The van der Waals surface area contributed by atoms with Crippen molar-refractivity contribution in [1.82, 2.24) is 4.90 Å². The number of carbonyl (C=O) groups is 1. The van der Waals surface area contributed by atoms with Crippen LogP contribution >= 0.6 is 11.8 Å². The Kier molecular flexibility index (Phi) is 9.36. The van der Waals surface area contributed by atoms with Crippen molar-refractivity contribution in [3.63, 3.8) is 0 Å². The number of hydrogen-bond donors (Lipinski definition) is 0. The zero-order valence-corrected chi connectivity index (χ0v) is 21.7. The van der Waals surface area contributed by atoms with Crippen LogP contribution in [-0.2, 0) is 30.3 Å². The predicted octanol–water partition coefficient (Wildman–Crippen LogP) is 4.85. The second-order valence-corrected chi connectivity index (χ2v) is 11.1. The maximum Gasteiger partial charge on any atom is 0.523 e. The molecule has 2 fully saturated rings. The normalized spacial score (nSPS) is 27.3. The molecule has 2 aliphatic rings. The highest BCUT2D eigenvalue weighted by molar-refractivity contribution is 8.13. The summed E-state index contributed by atoms with van der Waals surface area (Å²) in [4.78, 5) is 14.4. The number of nitrogens with zero attached hydrogens (tertiary/aromatic N) is 1. The fraction of sp³-hybridized carbons (Fsp3) is 0.609. The van der Waals surface area contributed by atoms with Crippen molar-refractivity contribution >= 4 is 27.1 Å². The molecule has 8 nitrogen and oxygen atoms in total. The van der Waals surface area contributed by atoms with Gasteiger partial charge in [0.2, 0.25) is 0 Å². The van der Waals surface area contributed by atoms with E-state index in [4.69, 9.17) is 14.2 Å². The number of benzene rings is 1. The topological polar surface area (TPSA) is 91.4 Å². The molecule has 0 aliphatic carbocycles. The van der Waals surface area contributed by atoms with Gasteiger partial charge < -0.3 is 19.1 Å². The van der Waals surface area contributed by atoms with Crippen LogP contribution in [0.3, 0.4) is 0 Å². The molecule has 1 aromatic carbocycles. The smallest absolute Gasteiger partial charge is 0.497 e. The van der Waals surface area contributed by atoms with Crippen molar-refractivity contribution in [3.8, 4) is 5.75 Å². The van der Waals surface area contributed by atoms with Gasteiger partial charge in [-0.2, -0.15) is 21.6 Å². The number of amides is 1. The van der Waals surface area contributed by atoms with Gasteiger partial charge in [-0.25, -0.2) is 0 Å². The molecule has 0 saturated carbocycles. The quantitative estimate of drug-likeness (QED) is 0.166. The first kappa shape index (κ1) is 28.8. The lowest BCUT2D eigenvalue weighted by molar-refractivity contribution is -0.303. The minimum Gasteiger partial charge on any atom is -0.497 e. The lowest BCUT2D eigenvalue weighted by atomic mass is 9.90. The lowest BCUT2D eigenvalue weighted by Crippen LogP contribution is -2.60. The maximum absolute atomic E-state index is 13.1. The highest BCUT2D eigenvalue weighted by atomic mass is 32.2. The number of unbranched alkanes of at least 4 members (excludes halogenated alkanes) is 1. The zero-order chi connectivity index (χ0) is 26.6. The SMILES string of the molecule is C=CCCC[C@@H]1C[C@H](OS(=O)(=O)C(F)(F)F)C[C@](OC)([C@@H]2CSC(=O)N2Cc2ccc(OC)cc2)O1. The van der Waals surface area contributed by atoms with Gasteiger partial charge in [-0.05, 0) is 37.0 Å². The Balaban J connectivity index is 1.89. The lowest BCUT2D eigenvalue weighted by Gasteiger charge is -2.48. The van der Waals surface area contributed by atoms with Crippen molar-refractivity contribution in [1.29, 1.82) is 0 Å². The molecule has 0 spiro atoms. The Labute approximate surface area is 213 Å². The highest BCUT2D eigenvalue weighted by Crippen LogP contribution is 2.43. The first-order valence-electron chi connectivity index (χ1n) is 11.3. The highest BCUT2D eigenvalue weighted by Gasteiger charge is 2.56. The van der Waals surface area contributed by atoms with E-state index in [0.717, 1.165) is 17.3 Å². The molecule has 0 radical (unpaired) electrons. The van der Waals surface area contributed by atoms with Crippen molar-refractivity contribution in [2.45, 2.75) is 68.2 Å². The summed E-state index contributed by atoms with van der Waals surface area (Å²) in [6, 6.07) is 6.41. The summed E-state index contributed by atoms with van der Waals surface area (Å²) in [5, 5.41) is -0.245. The van der Waals surface area contributed by atoms with E-state index in [9.17, 15) is 26.4 Å². The molecular formula is C23H30F3NO7S2. The monoisotopic (exact) mass is 553 g/mol. The Morgan fingerprint density at radius 3 is 2.56 bits per heavy atom. The number of rotatable bonds is 11. The van der Waals surface area contributed by atoms with Crippen LogP contribution in [-0.4, -0.2) is 68.1 Å². The van der Waals surface area contributed by atoms with Crippen LogP contribution in [0.4, 0.5) is 18.0 Å². The molecule has 202 valence electrons. The average Bonchev–Trinajstić information content (AvgIpc) is 3.19. The van der Waals surface area contributed by atoms with Gasteiger partial charge in [-0.3, -0.25) is 8.98 Å². The summed E-state index contributed by atoms with van der Waals surface area (Å²) >= 11 is 1.04. The van der Waals surface area contributed by atoms with E-state index in [2.05, 4.69) is 10.8 Å². The van der Waals surface area contributed by atoms with Gasteiger partial charge in [0.15, 0.2) is 5.79 Å². The molecule has 1 aromatic rings. The summed E-state index contributed by atoms with van der Waals surface area (Å²) in [6.07, 6.45) is 1.05.